The molecule has 1 saturated heterocycles. The monoisotopic (exact) mass is 386 g/mol. The molecule has 0 N–H and O–H groups in total. The van der Waals surface area contributed by atoms with E-state index in [1.807, 2.05) is 43.3 Å². The molecule has 0 atom stereocenters. The van der Waals surface area contributed by atoms with E-state index in [9.17, 15) is 9.59 Å². The summed E-state index contributed by atoms with van der Waals surface area (Å²) in [5.41, 5.74) is 0.438. The molecule has 7 heteroatoms. The van der Waals surface area contributed by atoms with E-state index in [0.717, 1.165) is 17.9 Å². The molecule has 28 heavy (non-hydrogen) atoms. The first-order chi connectivity index (χ1) is 13.2. The number of hydrogen-bond acceptors (Lipinski definition) is 5. The molecule has 152 valence electrons. The van der Waals surface area contributed by atoms with E-state index in [1.165, 1.54) is 11.1 Å². The van der Waals surface area contributed by atoms with Crippen LogP contribution in [0.4, 0.5) is 4.79 Å². The molecule has 1 fully saturated rings. The summed E-state index contributed by atoms with van der Waals surface area (Å²) in [5.74, 6) is 0.489. The Morgan fingerprint density at radius 3 is 2.61 bits per heavy atom. The number of urea groups is 1. The summed E-state index contributed by atoms with van der Waals surface area (Å²) in [7, 11) is 5.59. The smallest absolute Gasteiger partial charge is 0.332 e. The molecule has 0 radical (unpaired) electrons. The fourth-order valence-electron chi connectivity index (χ4n) is 2.98. The molecule has 1 aliphatic heterocycles. The van der Waals surface area contributed by atoms with Crippen molar-refractivity contribution in [3.63, 3.8) is 0 Å². The average Bonchev–Trinajstić information content (AvgIpc) is 2.80. The number of carbonyl (C=O) groups excluding carboxylic acids is 2. The lowest BCUT2D eigenvalue weighted by Crippen LogP contribution is -2.43. The molecule has 2 rings (SSSR count). The van der Waals surface area contributed by atoms with Crippen LogP contribution < -0.4 is 4.74 Å². The normalized spacial score (nSPS) is 17.3. The van der Waals surface area contributed by atoms with Crippen LogP contribution >= 0.6 is 0 Å². The zero-order valence-corrected chi connectivity index (χ0v) is 17.6. The quantitative estimate of drug-likeness (QED) is 0.509. The fourth-order valence-corrected chi connectivity index (χ4v) is 2.98. The van der Waals surface area contributed by atoms with Crippen molar-refractivity contribution in [2.75, 3.05) is 34.3 Å². The van der Waals surface area contributed by atoms with Crippen LogP contribution in [0.3, 0.4) is 0 Å². The highest BCUT2D eigenvalue weighted by molar-refractivity contribution is 6.11. The second-order valence-electron chi connectivity index (χ2n) is 7.47. The number of ether oxygens (including phenoxy) is 1. The maximum Gasteiger partial charge on any atom is 0.332 e. The molecule has 1 aromatic carbocycles. The lowest BCUT2D eigenvalue weighted by atomic mass is 10.0. The van der Waals surface area contributed by atoms with E-state index in [0.29, 0.717) is 18.8 Å². The van der Waals surface area contributed by atoms with Crippen molar-refractivity contribution >= 4 is 18.2 Å². The SMILES string of the molecule is CC=C(C=NC)N1C(=O)N(Cc2cccc(OCCN(C)C)c2)C(C)(C)C1=O. The summed E-state index contributed by atoms with van der Waals surface area (Å²) in [6.07, 6.45) is 3.23. The van der Waals surface area contributed by atoms with Gasteiger partial charge >= 0.3 is 6.03 Å². The summed E-state index contributed by atoms with van der Waals surface area (Å²) in [4.78, 5) is 34.7. The molecule has 0 aliphatic carbocycles. The number of aliphatic imine (C=N–C) groups is 1. The van der Waals surface area contributed by atoms with E-state index < -0.39 is 5.54 Å². The van der Waals surface area contributed by atoms with Crippen molar-refractivity contribution in [1.82, 2.24) is 14.7 Å². The van der Waals surface area contributed by atoms with Crippen molar-refractivity contribution in [1.29, 1.82) is 0 Å². The Hall–Kier alpha value is -2.67. The average molecular weight is 386 g/mol. The maximum absolute atomic E-state index is 13.0. The van der Waals surface area contributed by atoms with Gasteiger partial charge in [-0.1, -0.05) is 18.2 Å². The van der Waals surface area contributed by atoms with E-state index in [1.54, 1.807) is 38.8 Å². The highest BCUT2D eigenvalue weighted by Crippen LogP contribution is 2.32. The minimum atomic E-state index is -0.950. The standard InChI is InChI=1S/C21H30N4O3/c1-7-17(14-22-4)25-19(26)21(2,3)24(20(25)27)15-16-9-8-10-18(13-16)28-12-11-23(5)6/h7-10,13-14H,11-12,15H2,1-6H3. The highest BCUT2D eigenvalue weighted by atomic mass is 16.5. The zero-order chi connectivity index (χ0) is 20.9. The van der Waals surface area contributed by atoms with Crippen LogP contribution in [-0.2, 0) is 11.3 Å². The van der Waals surface area contributed by atoms with Gasteiger partial charge in [-0.15, -0.1) is 0 Å². The van der Waals surface area contributed by atoms with Crippen molar-refractivity contribution in [3.05, 3.63) is 41.6 Å². The van der Waals surface area contributed by atoms with E-state index >= 15 is 0 Å². The van der Waals surface area contributed by atoms with Crippen LogP contribution in [0.25, 0.3) is 0 Å². The van der Waals surface area contributed by atoms with Crippen LogP contribution in [0.15, 0.2) is 41.0 Å². The summed E-state index contributed by atoms with van der Waals surface area (Å²) >= 11 is 0. The predicted octanol–water partition coefficient (Wildman–Crippen LogP) is 2.77. The first-order valence-electron chi connectivity index (χ1n) is 9.33. The number of carbonyl (C=O) groups is 2. The topological polar surface area (TPSA) is 65.5 Å². The largest absolute Gasteiger partial charge is 0.492 e. The van der Waals surface area contributed by atoms with Gasteiger partial charge in [0.15, 0.2) is 0 Å². The van der Waals surface area contributed by atoms with E-state index in [2.05, 4.69) is 4.99 Å². The lowest BCUT2D eigenvalue weighted by molar-refractivity contribution is -0.130. The second-order valence-corrected chi connectivity index (χ2v) is 7.47. The third-order valence-corrected chi connectivity index (χ3v) is 4.69. The van der Waals surface area contributed by atoms with Crippen LogP contribution in [0, 0.1) is 0 Å². The number of hydrogen-bond donors (Lipinski definition) is 0. The predicted molar refractivity (Wildman–Crippen MR) is 111 cm³/mol. The highest BCUT2D eigenvalue weighted by Gasteiger charge is 2.52. The number of nitrogens with zero attached hydrogens (tertiary/aromatic N) is 4. The number of likely N-dealkylation sites (N-methyl/N-ethyl adjacent to an activating group) is 1. The molecule has 1 aliphatic rings. The molecule has 1 aromatic rings. The van der Waals surface area contributed by atoms with Crippen LogP contribution in [0.5, 0.6) is 5.75 Å². The van der Waals surface area contributed by atoms with Crippen LogP contribution in [0.1, 0.15) is 26.3 Å². The molecule has 0 saturated carbocycles. The Bertz CT molecular complexity index is 784. The van der Waals surface area contributed by atoms with Gasteiger partial charge in [0.2, 0.25) is 0 Å². The van der Waals surface area contributed by atoms with Gasteiger partial charge in [-0.25, -0.2) is 9.69 Å². The van der Waals surface area contributed by atoms with Gasteiger partial charge < -0.3 is 14.5 Å². The molecular formula is C21H30N4O3. The van der Waals surface area contributed by atoms with Gasteiger partial charge in [-0.2, -0.15) is 0 Å². The number of rotatable bonds is 8. The number of amides is 3. The number of allylic oxidation sites excluding steroid dienone is 2. The second kappa shape index (κ2) is 9.01. The van der Waals surface area contributed by atoms with Crippen molar-refractivity contribution in [2.45, 2.75) is 32.9 Å². The van der Waals surface area contributed by atoms with Gasteiger partial charge in [0.1, 0.15) is 17.9 Å². The number of benzene rings is 1. The third-order valence-electron chi connectivity index (χ3n) is 4.69. The summed E-state index contributed by atoms with van der Waals surface area (Å²) in [6.45, 7) is 7.03. The Balaban J connectivity index is 2.21. The molecule has 0 unspecified atom stereocenters. The van der Waals surface area contributed by atoms with Crippen LogP contribution in [0.2, 0.25) is 0 Å². The van der Waals surface area contributed by atoms with Crippen molar-refractivity contribution < 1.29 is 14.3 Å². The van der Waals surface area contributed by atoms with Gasteiger partial charge in [0, 0.05) is 26.4 Å². The third kappa shape index (κ3) is 4.59. The maximum atomic E-state index is 13.0. The Labute approximate surface area is 167 Å². The van der Waals surface area contributed by atoms with E-state index in [4.69, 9.17) is 4.74 Å². The molecular weight excluding hydrogens is 356 g/mol. The fraction of sp³-hybridized carbons (Fsp3) is 0.476. The Kier molecular flexibility index (Phi) is 6.96. The Morgan fingerprint density at radius 1 is 1.29 bits per heavy atom. The minimum Gasteiger partial charge on any atom is -0.492 e. The molecule has 0 aromatic heterocycles. The summed E-state index contributed by atoms with van der Waals surface area (Å²) in [6, 6.07) is 7.29. The van der Waals surface area contributed by atoms with E-state index in [-0.39, 0.29) is 11.9 Å². The van der Waals surface area contributed by atoms with Crippen molar-refractivity contribution in [3.8, 4) is 5.75 Å². The molecule has 0 bridgehead atoms. The summed E-state index contributed by atoms with van der Waals surface area (Å²) in [5, 5.41) is 0. The molecule has 7 nitrogen and oxygen atoms in total. The first kappa shape index (κ1) is 21.6. The Morgan fingerprint density at radius 2 is 2.00 bits per heavy atom. The van der Waals surface area contributed by atoms with Crippen molar-refractivity contribution in [2.24, 2.45) is 4.99 Å². The molecule has 0 spiro atoms. The molecule has 3 amide bonds. The number of imide groups is 1. The summed E-state index contributed by atoms with van der Waals surface area (Å²) < 4.78 is 5.78. The van der Waals surface area contributed by atoms with Gasteiger partial charge in [-0.3, -0.25) is 9.79 Å². The lowest BCUT2D eigenvalue weighted by Gasteiger charge is -2.27. The minimum absolute atomic E-state index is 0.260. The van der Waals surface area contributed by atoms with Gasteiger partial charge in [0.05, 0.1) is 5.70 Å². The zero-order valence-electron chi connectivity index (χ0n) is 17.6. The molecule has 1 heterocycles. The van der Waals surface area contributed by atoms with Crippen LogP contribution in [-0.4, -0.2) is 72.7 Å². The van der Waals surface area contributed by atoms with Gasteiger partial charge in [-0.05, 0) is 52.6 Å². The first-order valence-corrected chi connectivity index (χ1v) is 9.33. The van der Waals surface area contributed by atoms with Gasteiger partial charge in [0.25, 0.3) is 5.91 Å².